The number of carbonyl (C=O) groups excluding carboxylic acids is 2. The van der Waals surface area contributed by atoms with E-state index in [0.29, 0.717) is 23.4 Å². The monoisotopic (exact) mass is 456 g/mol. The summed E-state index contributed by atoms with van der Waals surface area (Å²) in [6, 6.07) is 9.74. The summed E-state index contributed by atoms with van der Waals surface area (Å²) >= 11 is 0. The molecular formula is C21H14F6N2O3. The first kappa shape index (κ1) is 22.9. The van der Waals surface area contributed by atoms with Gasteiger partial charge in [0.05, 0.1) is 17.4 Å². The number of alkyl halides is 6. The fourth-order valence-corrected chi connectivity index (χ4v) is 2.68. The van der Waals surface area contributed by atoms with Gasteiger partial charge in [-0.05, 0) is 48.0 Å². The molecule has 0 atom stereocenters. The maximum atomic E-state index is 12.9. The average Bonchev–Trinajstić information content (AvgIpc) is 3.26. The summed E-state index contributed by atoms with van der Waals surface area (Å²) in [5.74, 6) is -1.49. The number of carbonyl (C=O) groups is 2. The summed E-state index contributed by atoms with van der Waals surface area (Å²) in [5, 5.41) is 4.85. The lowest BCUT2D eigenvalue weighted by Gasteiger charge is -2.14. The van der Waals surface area contributed by atoms with Crippen LogP contribution in [0, 0.1) is 0 Å². The molecule has 0 bridgehead atoms. The van der Waals surface area contributed by atoms with Crippen molar-refractivity contribution in [3.05, 3.63) is 88.9 Å². The van der Waals surface area contributed by atoms with Crippen LogP contribution in [-0.2, 0) is 18.9 Å². The zero-order chi connectivity index (χ0) is 23.5. The van der Waals surface area contributed by atoms with Crippen LogP contribution in [-0.4, -0.2) is 11.8 Å². The molecule has 0 saturated carbocycles. The van der Waals surface area contributed by atoms with Crippen LogP contribution in [0.2, 0.25) is 0 Å². The van der Waals surface area contributed by atoms with Crippen molar-refractivity contribution >= 4 is 17.5 Å². The van der Waals surface area contributed by atoms with Crippen molar-refractivity contribution in [2.75, 3.05) is 5.32 Å². The molecule has 0 saturated heterocycles. The van der Waals surface area contributed by atoms with E-state index in [1.54, 1.807) is 6.07 Å². The number of amides is 2. The normalized spacial score (nSPS) is 11.8. The van der Waals surface area contributed by atoms with E-state index >= 15 is 0 Å². The van der Waals surface area contributed by atoms with Crippen LogP contribution >= 0.6 is 0 Å². The number of halogens is 6. The van der Waals surface area contributed by atoms with Crippen LogP contribution in [0.1, 0.15) is 37.6 Å². The Morgan fingerprint density at radius 1 is 0.812 bits per heavy atom. The number of furan rings is 1. The standard InChI is InChI=1S/C21H14F6N2O3/c22-20(23,24)14-8-13(9-15(10-14)21(25,26)27)18(30)28-11-12-3-5-16(6-4-12)29-19(31)17-2-1-7-32-17/h1-10H,11H2,(H,28,30)(H,29,31). The molecule has 1 heterocycles. The minimum atomic E-state index is -5.05. The van der Waals surface area contributed by atoms with Gasteiger partial charge in [-0.1, -0.05) is 12.1 Å². The molecular weight excluding hydrogens is 442 g/mol. The van der Waals surface area contributed by atoms with Gasteiger partial charge < -0.3 is 15.1 Å². The van der Waals surface area contributed by atoms with Crippen LogP contribution in [0.3, 0.4) is 0 Å². The second kappa shape index (κ2) is 8.77. The van der Waals surface area contributed by atoms with Crippen molar-refractivity contribution in [1.82, 2.24) is 5.32 Å². The van der Waals surface area contributed by atoms with Crippen LogP contribution in [0.4, 0.5) is 32.0 Å². The van der Waals surface area contributed by atoms with Gasteiger partial charge in [0.2, 0.25) is 0 Å². The lowest BCUT2D eigenvalue weighted by molar-refractivity contribution is -0.143. The van der Waals surface area contributed by atoms with E-state index in [9.17, 15) is 35.9 Å². The van der Waals surface area contributed by atoms with E-state index in [0.717, 1.165) is 0 Å². The third kappa shape index (κ3) is 5.68. The Morgan fingerprint density at radius 2 is 1.41 bits per heavy atom. The van der Waals surface area contributed by atoms with Crippen molar-refractivity contribution in [2.45, 2.75) is 18.9 Å². The minimum Gasteiger partial charge on any atom is -0.459 e. The fourth-order valence-electron chi connectivity index (χ4n) is 2.68. The molecule has 0 aliphatic heterocycles. The quantitative estimate of drug-likeness (QED) is 0.498. The van der Waals surface area contributed by atoms with Gasteiger partial charge in [0.1, 0.15) is 0 Å². The van der Waals surface area contributed by atoms with Crippen molar-refractivity contribution < 1.29 is 40.3 Å². The second-order valence-electron chi connectivity index (χ2n) is 6.61. The van der Waals surface area contributed by atoms with Gasteiger partial charge in [-0.3, -0.25) is 9.59 Å². The van der Waals surface area contributed by atoms with E-state index in [2.05, 4.69) is 10.6 Å². The summed E-state index contributed by atoms with van der Waals surface area (Å²) in [4.78, 5) is 24.1. The van der Waals surface area contributed by atoms with Gasteiger partial charge >= 0.3 is 12.4 Å². The molecule has 32 heavy (non-hydrogen) atoms. The number of benzene rings is 2. The van der Waals surface area contributed by atoms with Gasteiger partial charge in [-0.15, -0.1) is 0 Å². The fraction of sp³-hybridized carbons (Fsp3) is 0.143. The molecule has 0 aliphatic rings. The lowest BCUT2D eigenvalue weighted by Crippen LogP contribution is -2.24. The molecule has 0 spiro atoms. The molecule has 1 aromatic heterocycles. The highest BCUT2D eigenvalue weighted by molar-refractivity contribution is 6.02. The Kier molecular flexibility index (Phi) is 6.28. The van der Waals surface area contributed by atoms with Crippen molar-refractivity contribution in [2.24, 2.45) is 0 Å². The van der Waals surface area contributed by atoms with Crippen LogP contribution < -0.4 is 10.6 Å². The number of hydrogen-bond donors (Lipinski definition) is 2. The first-order valence-electron chi connectivity index (χ1n) is 8.95. The maximum absolute atomic E-state index is 12.9. The highest BCUT2D eigenvalue weighted by atomic mass is 19.4. The largest absolute Gasteiger partial charge is 0.459 e. The molecule has 0 aliphatic carbocycles. The van der Waals surface area contributed by atoms with Crippen LogP contribution in [0.15, 0.2) is 65.3 Å². The maximum Gasteiger partial charge on any atom is 0.416 e. The Bertz CT molecular complexity index is 1070. The average molecular weight is 456 g/mol. The third-order valence-corrected chi connectivity index (χ3v) is 4.26. The Morgan fingerprint density at radius 3 is 1.91 bits per heavy atom. The molecule has 3 aromatic rings. The summed E-state index contributed by atoms with van der Waals surface area (Å²) in [6.07, 6.45) is -8.76. The molecule has 2 amide bonds. The van der Waals surface area contributed by atoms with E-state index < -0.39 is 40.9 Å². The number of hydrogen-bond acceptors (Lipinski definition) is 3. The molecule has 2 N–H and O–H groups in total. The zero-order valence-electron chi connectivity index (χ0n) is 16.0. The Hall–Kier alpha value is -3.76. The number of rotatable bonds is 5. The molecule has 0 radical (unpaired) electrons. The topological polar surface area (TPSA) is 71.3 Å². The number of nitrogens with one attached hydrogen (secondary N) is 2. The predicted octanol–water partition coefficient (Wildman–Crippen LogP) is 5.50. The summed E-state index contributed by atoms with van der Waals surface area (Å²) in [6.45, 7) is -0.164. The van der Waals surface area contributed by atoms with Gasteiger partial charge in [0, 0.05) is 17.8 Å². The second-order valence-corrected chi connectivity index (χ2v) is 6.61. The minimum absolute atomic E-state index is 0.0491. The smallest absolute Gasteiger partial charge is 0.416 e. The van der Waals surface area contributed by atoms with Gasteiger partial charge in [-0.25, -0.2) is 0 Å². The first-order chi connectivity index (χ1) is 14.9. The van der Waals surface area contributed by atoms with Crippen LogP contribution in [0.5, 0.6) is 0 Å². The molecule has 0 fully saturated rings. The first-order valence-corrected chi connectivity index (χ1v) is 8.95. The highest BCUT2D eigenvalue weighted by Crippen LogP contribution is 2.36. The van der Waals surface area contributed by atoms with E-state index in [1.165, 1.54) is 36.6 Å². The van der Waals surface area contributed by atoms with Gasteiger partial charge in [0.25, 0.3) is 11.8 Å². The third-order valence-electron chi connectivity index (χ3n) is 4.26. The SMILES string of the molecule is O=C(NCc1ccc(NC(=O)c2ccco2)cc1)c1cc(C(F)(F)F)cc(C(F)(F)F)c1. The molecule has 168 valence electrons. The molecule has 3 rings (SSSR count). The summed E-state index contributed by atoms with van der Waals surface area (Å²) in [7, 11) is 0. The van der Waals surface area contributed by atoms with Gasteiger partial charge in [-0.2, -0.15) is 26.3 Å². The van der Waals surface area contributed by atoms with E-state index in [4.69, 9.17) is 4.42 Å². The Balaban J connectivity index is 1.68. The zero-order valence-corrected chi connectivity index (χ0v) is 16.0. The molecule has 0 unspecified atom stereocenters. The van der Waals surface area contributed by atoms with E-state index in [-0.39, 0.29) is 18.4 Å². The van der Waals surface area contributed by atoms with Crippen molar-refractivity contribution in [1.29, 1.82) is 0 Å². The molecule has 11 heteroatoms. The van der Waals surface area contributed by atoms with Crippen molar-refractivity contribution in [3.63, 3.8) is 0 Å². The predicted molar refractivity (Wildman–Crippen MR) is 101 cm³/mol. The van der Waals surface area contributed by atoms with E-state index in [1.807, 2.05) is 0 Å². The number of anilines is 1. The van der Waals surface area contributed by atoms with Crippen molar-refractivity contribution in [3.8, 4) is 0 Å². The lowest BCUT2D eigenvalue weighted by atomic mass is 10.0. The highest BCUT2D eigenvalue weighted by Gasteiger charge is 2.37. The summed E-state index contributed by atoms with van der Waals surface area (Å²) in [5.41, 5.74) is -3.01. The Labute approximate surface area is 177 Å². The summed E-state index contributed by atoms with van der Waals surface area (Å²) < 4.78 is 82.6. The molecule has 2 aromatic carbocycles. The molecule has 5 nitrogen and oxygen atoms in total. The van der Waals surface area contributed by atoms with Gasteiger partial charge in [0.15, 0.2) is 5.76 Å². The van der Waals surface area contributed by atoms with Crippen LogP contribution in [0.25, 0.3) is 0 Å².